The topological polar surface area (TPSA) is 24.4 Å². The SMILES string of the molecule is CC=NCC.CCNCC. The van der Waals surface area contributed by atoms with Gasteiger partial charge in [0.25, 0.3) is 0 Å². The molecule has 0 aromatic heterocycles. The van der Waals surface area contributed by atoms with E-state index in [9.17, 15) is 0 Å². The van der Waals surface area contributed by atoms with E-state index in [1.807, 2.05) is 13.8 Å². The van der Waals surface area contributed by atoms with Gasteiger partial charge in [0.15, 0.2) is 0 Å². The summed E-state index contributed by atoms with van der Waals surface area (Å²) in [6, 6.07) is 0. The van der Waals surface area contributed by atoms with Gasteiger partial charge in [0, 0.05) is 6.54 Å². The van der Waals surface area contributed by atoms with Gasteiger partial charge in [0.2, 0.25) is 0 Å². The molecule has 0 aliphatic heterocycles. The van der Waals surface area contributed by atoms with Crippen molar-refractivity contribution in [1.29, 1.82) is 0 Å². The minimum absolute atomic E-state index is 0.913. The van der Waals surface area contributed by atoms with Crippen LogP contribution >= 0.6 is 0 Å². The number of hydrogen-bond acceptors (Lipinski definition) is 2. The van der Waals surface area contributed by atoms with Crippen molar-refractivity contribution in [1.82, 2.24) is 5.32 Å². The summed E-state index contributed by atoms with van der Waals surface area (Å²) in [5.41, 5.74) is 0. The predicted octanol–water partition coefficient (Wildman–Crippen LogP) is 1.71. The van der Waals surface area contributed by atoms with E-state index >= 15 is 0 Å². The first-order chi connectivity index (χ1) is 4.83. The van der Waals surface area contributed by atoms with Crippen LogP contribution in [0.25, 0.3) is 0 Å². The van der Waals surface area contributed by atoms with Crippen LogP contribution in [0.2, 0.25) is 0 Å². The van der Waals surface area contributed by atoms with Crippen molar-refractivity contribution in [2.75, 3.05) is 19.6 Å². The number of hydrogen-bond donors (Lipinski definition) is 1. The third-order valence-electron chi connectivity index (χ3n) is 0.865. The third-order valence-corrected chi connectivity index (χ3v) is 0.865. The molecule has 0 aromatic carbocycles. The van der Waals surface area contributed by atoms with Gasteiger partial charge in [-0.25, -0.2) is 0 Å². The standard InChI is InChI=1S/C4H11N.C4H9N/c2*1-3-5-4-2/h5H,3-4H2,1-2H3;3H,4H2,1-2H3. The zero-order valence-electron chi connectivity index (χ0n) is 7.65. The fourth-order valence-corrected chi connectivity index (χ4v) is 0.433. The minimum atomic E-state index is 0.913. The molecule has 0 aliphatic carbocycles. The molecule has 0 saturated carbocycles. The van der Waals surface area contributed by atoms with E-state index in [-0.39, 0.29) is 0 Å². The molecule has 0 amide bonds. The Morgan fingerprint density at radius 2 is 1.70 bits per heavy atom. The lowest BCUT2D eigenvalue weighted by Crippen LogP contribution is -2.09. The molecule has 1 N–H and O–H groups in total. The maximum absolute atomic E-state index is 3.85. The second-order valence-corrected chi connectivity index (χ2v) is 1.71. The monoisotopic (exact) mass is 144 g/mol. The quantitative estimate of drug-likeness (QED) is 0.599. The third kappa shape index (κ3) is 25.5. The highest BCUT2D eigenvalue weighted by Crippen LogP contribution is 1.57. The number of nitrogens with zero attached hydrogens (tertiary/aromatic N) is 1. The van der Waals surface area contributed by atoms with Crippen LogP contribution in [0.1, 0.15) is 27.7 Å². The molecule has 0 aromatic rings. The summed E-state index contributed by atoms with van der Waals surface area (Å²) in [4.78, 5) is 3.85. The molecule has 62 valence electrons. The Morgan fingerprint density at radius 1 is 1.20 bits per heavy atom. The Labute approximate surface area is 64.7 Å². The van der Waals surface area contributed by atoms with Crippen LogP contribution in [0.3, 0.4) is 0 Å². The molecular formula is C8H20N2. The van der Waals surface area contributed by atoms with Crippen molar-refractivity contribution in [3.63, 3.8) is 0 Å². The van der Waals surface area contributed by atoms with Crippen LogP contribution in [0.4, 0.5) is 0 Å². The maximum atomic E-state index is 3.85. The van der Waals surface area contributed by atoms with Crippen molar-refractivity contribution in [2.24, 2.45) is 4.99 Å². The number of rotatable bonds is 3. The van der Waals surface area contributed by atoms with Gasteiger partial charge in [0.05, 0.1) is 0 Å². The van der Waals surface area contributed by atoms with Crippen molar-refractivity contribution in [2.45, 2.75) is 27.7 Å². The molecule has 0 spiro atoms. The van der Waals surface area contributed by atoms with Crippen LogP contribution in [-0.4, -0.2) is 25.8 Å². The molecule has 0 rings (SSSR count). The molecule has 0 fully saturated rings. The molecular weight excluding hydrogens is 124 g/mol. The fraction of sp³-hybridized carbons (Fsp3) is 0.875. The van der Waals surface area contributed by atoms with Crippen LogP contribution in [-0.2, 0) is 0 Å². The normalized spacial score (nSPS) is 9.20. The lowest BCUT2D eigenvalue weighted by Gasteiger charge is -1.86. The summed E-state index contributed by atoms with van der Waals surface area (Å²) >= 11 is 0. The van der Waals surface area contributed by atoms with E-state index in [0.29, 0.717) is 0 Å². The summed E-state index contributed by atoms with van der Waals surface area (Å²) in [7, 11) is 0. The van der Waals surface area contributed by atoms with Gasteiger partial charge in [0.1, 0.15) is 0 Å². The highest BCUT2D eigenvalue weighted by atomic mass is 14.8. The van der Waals surface area contributed by atoms with Gasteiger partial charge in [-0.05, 0) is 33.2 Å². The van der Waals surface area contributed by atoms with Crippen LogP contribution in [0.15, 0.2) is 4.99 Å². The molecule has 0 atom stereocenters. The molecule has 0 unspecified atom stereocenters. The Morgan fingerprint density at radius 3 is 1.70 bits per heavy atom. The van der Waals surface area contributed by atoms with E-state index in [0.717, 1.165) is 19.6 Å². The number of nitrogens with one attached hydrogen (secondary N) is 1. The van der Waals surface area contributed by atoms with Gasteiger partial charge in [-0.15, -0.1) is 0 Å². The van der Waals surface area contributed by atoms with Crippen LogP contribution in [0.5, 0.6) is 0 Å². The zero-order chi connectivity index (χ0) is 8.24. The van der Waals surface area contributed by atoms with E-state index in [1.54, 1.807) is 6.21 Å². The molecule has 10 heavy (non-hydrogen) atoms. The Kier molecular flexibility index (Phi) is 19.5. The summed E-state index contributed by atoms with van der Waals surface area (Å²) in [5.74, 6) is 0. The molecule has 0 aliphatic rings. The molecule has 2 nitrogen and oxygen atoms in total. The zero-order valence-corrected chi connectivity index (χ0v) is 7.65. The van der Waals surface area contributed by atoms with Crippen LogP contribution < -0.4 is 5.32 Å². The Balaban J connectivity index is 0. The van der Waals surface area contributed by atoms with Gasteiger partial charge >= 0.3 is 0 Å². The van der Waals surface area contributed by atoms with Crippen LogP contribution in [0, 0.1) is 0 Å². The van der Waals surface area contributed by atoms with Crippen molar-refractivity contribution in [3.05, 3.63) is 0 Å². The van der Waals surface area contributed by atoms with E-state index < -0.39 is 0 Å². The van der Waals surface area contributed by atoms with Crippen molar-refractivity contribution in [3.8, 4) is 0 Å². The molecule has 0 heterocycles. The minimum Gasteiger partial charge on any atom is -0.317 e. The van der Waals surface area contributed by atoms with Gasteiger partial charge < -0.3 is 5.32 Å². The highest BCUT2D eigenvalue weighted by molar-refractivity contribution is 5.52. The first-order valence-electron chi connectivity index (χ1n) is 3.98. The molecule has 0 radical (unpaired) electrons. The maximum Gasteiger partial charge on any atom is 0.0356 e. The largest absolute Gasteiger partial charge is 0.317 e. The van der Waals surface area contributed by atoms with E-state index in [1.165, 1.54) is 0 Å². The molecule has 0 saturated heterocycles. The first kappa shape index (κ1) is 12.3. The summed E-state index contributed by atoms with van der Waals surface area (Å²) in [6.45, 7) is 11.2. The first-order valence-corrected chi connectivity index (χ1v) is 3.98. The van der Waals surface area contributed by atoms with Crippen molar-refractivity contribution >= 4 is 6.21 Å². The Bertz CT molecular complexity index is 58.3. The average molecular weight is 144 g/mol. The van der Waals surface area contributed by atoms with E-state index in [4.69, 9.17) is 0 Å². The van der Waals surface area contributed by atoms with Gasteiger partial charge in [-0.3, -0.25) is 4.99 Å². The molecule has 0 bridgehead atoms. The smallest absolute Gasteiger partial charge is 0.0356 e. The second-order valence-electron chi connectivity index (χ2n) is 1.71. The van der Waals surface area contributed by atoms with Gasteiger partial charge in [-0.1, -0.05) is 13.8 Å². The van der Waals surface area contributed by atoms with Gasteiger partial charge in [-0.2, -0.15) is 0 Å². The molecule has 2 heteroatoms. The lowest BCUT2D eigenvalue weighted by atomic mass is 10.7. The summed E-state index contributed by atoms with van der Waals surface area (Å²) in [5, 5.41) is 3.11. The average Bonchev–Trinajstić information content (AvgIpc) is 1.93. The Hall–Kier alpha value is -0.370. The second kappa shape index (κ2) is 15.9. The van der Waals surface area contributed by atoms with Crippen molar-refractivity contribution < 1.29 is 0 Å². The predicted molar refractivity (Wildman–Crippen MR) is 48.9 cm³/mol. The summed E-state index contributed by atoms with van der Waals surface area (Å²) in [6.07, 6.45) is 1.81. The summed E-state index contributed by atoms with van der Waals surface area (Å²) < 4.78 is 0. The van der Waals surface area contributed by atoms with E-state index in [2.05, 4.69) is 24.2 Å². The highest BCUT2D eigenvalue weighted by Gasteiger charge is 1.62. The number of aliphatic imine (C=N–C) groups is 1. The lowest BCUT2D eigenvalue weighted by molar-refractivity contribution is 0.762. The fourth-order valence-electron chi connectivity index (χ4n) is 0.433.